The predicted octanol–water partition coefficient (Wildman–Crippen LogP) is 1.76. The van der Waals surface area contributed by atoms with E-state index in [9.17, 15) is 10.2 Å². The van der Waals surface area contributed by atoms with Crippen LogP contribution in [0.5, 0.6) is 0 Å². The molecule has 6 atom stereocenters. The Hall–Kier alpha value is -1.80. The van der Waals surface area contributed by atoms with Gasteiger partial charge < -0.3 is 29.2 Å². The molecule has 4 rings (SSSR count). The van der Waals surface area contributed by atoms with Crippen LogP contribution in [0.15, 0.2) is 60.7 Å². The van der Waals surface area contributed by atoms with E-state index in [1.54, 1.807) is 0 Å². The van der Waals surface area contributed by atoms with Crippen LogP contribution in [0.2, 0.25) is 0 Å². The number of hydrogen-bond acceptors (Lipinski definition) is 6. The van der Waals surface area contributed by atoms with Gasteiger partial charge >= 0.3 is 0 Å². The molecule has 2 aliphatic heterocycles. The second kappa shape index (κ2) is 7.84. The minimum atomic E-state index is -1.20. The molecule has 2 fully saturated rings. The first-order valence-corrected chi connectivity index (χ1v) is 8.71. The van der Waals surface area contributed by atoms with E-state index < -0.39 is 37.0 Å². The van der Waals surface area contributed by atoms with E-state index in [0.717, 1.165) is 11.1 Å². The normalized spacial score (nSPS) is 34.2. The first-order chi connectivity index (χ1) is 12.7. The van der Waals surface area contributed by atoms with Crippen molar-refractivity contribution in [2.75, 3.05) is 6.61 Å². The molecule has 0 bridgehead atoms. The standard InChI is InChI=1S/C20H22O6/c21-16-17(22)20(23-11-13-7-3-1-4-8-13)25-15-12-24-19(26-18(15)16)14-9-5-2-6-10-14/h1-10,15-22H,11-12H2/t15-,16-,17+,18-,19+,20+/m1/s1. The summed E-state index contributed by atoms with van der Waals surface area (Å²) in [5.41, 5.74) is 1.82. The van der Waals surface area contributed by atoms with Gasteiger partial charge in [0, 0.05) is 5.56 Å². The molecule has 2 aromatic carbocycles. The first-order valence-electron chi connectivity index (χ1n) is 8.71. The lowest BCUT2D eigenvalue weighted by atomic mass is 9.98. The predicted molar refractivity (Wildman–Crippen MR) is 91.9 cm³/mol. The van der Waals surface area contributed by atoms with Crippen molar-refractivity contribution < 1.29 is 29.2 Å². The Labute approximate surface area is 151 Å². The van der Waals surface area contributed by atoms with Gasteiger partial charge in [0.25, 0.3) is 0 Å². The van der Waals surface area contributed by atoms with Crippen LogP contribution in [-0.4, -0.2) is 47.5 Å². The molecule has 0 saturated carbocycles. The van der Waals surface area contributed by atoms with E-state index in [1.165, 1.54) is 0 Å². The number of rotatable bonds is 4. The fourth-order valence-electron chi connectivity index (χ4n) is 3.25. The van der Waals surface area contributed by atoms with Gasteiger partial charge in [0.1, 0.15) is 24.4 Å². The summed E-state index contributed by atoms with van der Waals surface area (Å²) >= 11 is 0. The molecule has 2 N–H and O–H groups in total. The van der Waals surface area contributed by atoms with Gasteiger partial charge in [-0.2, -0.15) is 0 Å². The second-order valence-electron chi connectivity index (χ2n) is 6.50. The second-order valence-corrected chi connectivity index (χ2v) is 6.50. The van der Waals surface area contributed by atoms with Crippen LogP contribution < -0.4 is 0 Å². The van der Waals surface area contributed by atoms with Gasteiger partial charge in [-0.15, -0.1) is 0 Å². The Kier molecular flexibility index (Phi) is 5.31. The largest absolute Gasteiger partial charge is 0.387 e. The fraction of sp³-hybridized carbons (Fsp3) is 0.400. The van der Waals surface area contributed by atoms with Crippen molar-refractivity contribution in [2.45, 2.75) is 43.6 Å². The van der Waals surface area contributed by atoms with Crippen LogP contribution in [-0.2, 0) is 25.6 Å². The molecule has 138 valence electrons. The average Bonchev–Trinajstić information content (AvgIpc) is 2.71. The highest BCUT2D eigenvalue weighted by Gasteiger charge is 2.49. The Morgan fingerprint density at radius 1 is 0.885 bits per heavy atom. The molecule has 2 heterocycles. The van der Waals surface area contributed by atoms with Gasteiger partial charge in [-0.1, -0.05) is 60.7 Å². The highest BCUT2D eigenvalue weighted by atomic mass is 16.8. The van der Waals surface area contributed by atoms with Crippen LogP contribution in [0, 0.1) is 0 Å². The smallest absolute Gasteiger partial charge is 0.187 e. The monoisotopic (exact) mass is 358 g/mol. The summed E-state index contributed by atoms with van der Waals surface area (Å²) in [6, 6.07) is 19.1. The summed E-state index contributed by atoms with van der Waals surface area (Å²) < 4.78 is 23.1. The summed E-state index contributed by atoms with van der Waals surface area (Å²) in [6.07, 6.45) is -5.04. The average molecular weight is 358 g/mol. The van der Waals surface area contributed by atoms with Crippen LogP contribution in [0.4, 0.5) is 0 Å². The molecule has 2 saturated heterocycles. The third-order valence-electron chi connectivity index (χ3n) is 4.66. The molecule has 0 spiro atoms. The van der Waals surface area contributed by atoms with Gasteiger partial charge in [0.2, 0.25) is 0 Å². The number of hydrogen-bond donors (Lipinski definition) is 2. The van der Waals surface area contributed by atoms with Crippen LogP contribution in [0.3, 0.4) is 0 Å². The SMILES string of the molecule is O[C@@H]1[C@@H](OCc2ccccc2)O[C@@H]2CO[C@H](c3ccccc3)O[C@H]2[C@@H]1O. The molecule has 6 nitrogen and oxygen atoms in total. The summed E-state index contributed by atoms with van der Waals surface area (Å²) in [5.74, 6) is 0. The van der Waals surface area contributed by atoms with Crippen molar-refractivity contribution in [1.29, 1.82) is 0 Å². The van der Waals surface area contributed by atoms with Gasteiger partial charge in [-0.3, -0.25) is 0 Å². The molecule has 0 radical (unpaired) electrons. The summed E-state index contributed by atoms with van der Waals surface area (Å²) in [5, 5.41) is 20.9. The zero-order chi connectivity index (χ0) is 17.9. The first kappa shape index (κ1) is 17.6. The third kappa shape index (κ3) is 3.66. The maximum atomic E-state index is 10.5. The molecule has 2 aliphatic rings. The van der Waals surface area contributed by atoms with E-state index in [0.29, 0.717) is 0 Å². The molecule has 0 aromatic heterocycles. The molecular formula is C20H22O6. The molecule has 0 aliphatic carbocycles. The number of aliphatic hydroxyl groups excluding tert-OH is 2. The highest BCUT2D eigenvalue weighted by molar-refractivity contribution is 5.17. The lowest BCUT2D eigenvalue weighted by molar-refractivity contribution is -0.362. The lowest BCUT2D eigenvalue weighted by Crippen LogP contribution is -2.62. The summed E-state index contributed by atoms with van der Waals surface area (Å²) in [7, 11) is 0. The van der Waals surface area contributed by atoms with Crippen LogP contribution in [0.1, 0.15) is 17.4 Å². The van der Waals surface area contributed by atoms with Gasteiger partial charge in [-0.05, 0) is 5.56 Å². The molecule has 2 aromatic rings. The van der Waals surface area contributed by atoms with Crippen molar-refractivity contribution in [2.24, 2.45) is 0 Å². The lowest BCUT2D eigenvalue weighted by Gasteiger charge is -2.46. The third-order valence-corrected chi connectivity index (χ3v) is 4.66. The molecule has 6 heteroatoms. The van der Waals surface area contributed by atoms with E-state index in [2.05, 4.69) is 0 Å². The van der Waals surface area contributed by atoms with Crippen molar-refractivity contribution in [3.05, 3.63) is 71.8 Å². The van der Waals surface area contributed by atoms with Crippen LogP contribution in [0.25, 0.3) is 0 Å². The quantitative estimate of drug-likeness (QED) is 0.867. The van der Waals surface area contributed by atoms with Gasteiger partial charge in [-0.25, -0.2) is 0 Å². The Morgan fingerprint density at radius 3 is 2.31 bits per heavy atom. The molecular weight excluding hydrogens is 336 g/mol. The minimum Gasteiger partial charge on any atom is -0.387 e. The Balaban J connectivity index is 1.40. The highest BCUT2D eigenvalue weighted by Crippen LogP contribution is 2.34. The van der Waals surface area contributed by atoms with E-state index >= 15 is 0 Å². The zero-order valence-corrected chi connectivity index (χ0v) is 14.2. The van der Waals surface area contributed by atoms with Crippen LogP contribution >= 0.6 is 0 Å². The van der Waals surface area contributed by atoms with Gasteiger partial charge in [0.05, 0.1) is 13.2 Å². The zero-order valence-electron chi connectivity index (χ0n) is 14.2. The van der Waals surface area contributed by atoms with Crippen molar-refractivity contribution >= 4 is 0 Å². The number of ether oxygens (including phenoxy) is 4. The number of benzene rings is 2. The fourth-order valence-corrected chi connectivity index (χ4v) is 3.25. The molecule has 26 heavy (non-hydrogen) atoms. The van der Waals surface area contributed by atoms with Crippen molar-refractivity contribution in [1.82, 2.24) is 0 Å². The minimum absolute atomic E-state index is 0.249. The van der Waals surface area contributed by atoms with E-state index in [4.69, 9.17) is 18.9 Å². The Bertz CT molecular complexity index is 692. The Morgan fingerprint density at radius 2 is 1.58 bits per heavy atom. The maximum absolute atomic E-state index is 10.5. The van der Waals surface area contributed by atoms with Crippen molar-refractivity contribution in [3.8, 4) is 0 Å². The van der Waals surface area contributed by atoms with Gasteiger partial charge in [0.15, 0.2) is 12.6 Å². The number of fused-ring (bicyclic) bond motifs is 1. The topological polar surface area (TPSA) is 77.4 Å². The van der Waals surface area contributed by atoms with E-state index in [1.807, 2.05) is 60.7 Å². The summed E-state index contributed by atoms with van der Waals surface area (Å²) in [6.45, 7) is 0.528. The summed E-state index contributed by atoms with van der Waals surface area (Å²) in [4.78, 5) is 0. The molecule has 0 amide bonds. The maximum Gasteiger partial charge on any atom is 0.187 e. The van der Waals surface area contributed by atoms with E-state index in [-0.39, 0.29) is 13.2 Å². The van der Waals surface area contributed by atoms with Crippen molar-refractivity contribution in [3.63, 3.8) is 0 Å². The number of aliphatic hydroxyl groups is 2. The molecule has 0 unspecified atom stereocenters.